The zero-order valence-corrected chi connectivity index (χ0v) is 31.8. The van der Waals surface area contributed by atoms with Crippen LogP contribution in [0.15, 0.2) is 173 Å². The lowest BCUT2D eigenvalue weighted by Crippen LogP contribution is -2.44. The fourth-order valence-electron chi connectivity index (χ4n) is 9.02. The summed E-state index contributed by atoms with van der Waals surface area (Å²) in [5.41, 5.74) is 12.7. The molecule has 0 spiro atoms. The van der Waals surface area contributed by atoms with Crippen molar-refractivity contribution in [2.75, 3.05) is 0 Å². The molecule has 1 aliphatic heterocycles. The lowest BCUT2D eigenvalue weighted by molar-refractivity contribution is 0.409. The van der Waals surface area contributed by atoms with Crippen molar-refractivity contribution in [2.24, 2.45) is 4.99 Å². The van der Waals surface area contributed by atoms with E-state index in [4.69, 9.17) is 9.41 Å². The van der Waals surface area contributed by atoms with Crippen LogP contribution in [0.4, 0.5) is 0 Å². The summed E-state index contributed by atoms with van der Waals surface area (Å²) in [5, 5.41) is 13.6. The SMILES string of the molecule is C1=Cc2c(n(-c3cccc4c3sc3ccc(-c5ccc6oc7ccc(C8NC(c9ccccc9)=NC(c9ccccc9)N8)cc7c6c5)cc34)c3ccccc23)CC1. The van der Waals surface area contributed by atoms with Gasteiger partial charge in [0.15, 0.2) is 0 Å². The van der Waals surface area contributed by atoms with Crippen molar-refractivity contribution in [1.29, 1.82) is 0 Å². The minimum atomic E-state index is -0.194. The summed E-state index contributed by atoms with van der Waals surface area (Å²) in [6.45, 7) is 0. The van der Waals surface area contributed by atoms with E-state index < -0.39 is 0 Å². The Morgan fingerprint density at radius 3 is 2.23 bits per heavy atom. The number of amidine groups is 1. The van der Waals surface area contributed by atoms with E-state index in [1.807, 2.05) is 23.5 Å². The Hall–Kier alpha value is -6.73. The molecular formula is C51H36N4OS. The van der Waals surface area contributed by atoms with Gasteiger partial charge in [-0.25, -0.2) is 4.99 Å². The first-order valence-corrected chi connectivity index (χ1v) is 20.5. The van der Waals surface area contributed by atoms with E-state index in [0.29, 0.717) is 0 Å². The molecule has 6 heteroatoms. The first kappa shape index (κ1) is 32.5. The topological polar surface area (TPSA) is 54.5 Å². The number of allylic oxidation sites excluding steroid dienone is 1. The summed E-state index contributed by atoms with van der Waals surface area (Å²) in [6, 6.07) is 56.5. The molecule has 3 aromatic heterocycles. The van der Waals surface area contributed by atoms with Crippen LogP contribution in [-0.4, -0.2) is 10.4 Å². The maximum Gasteiger partial charge on any atom is 0.135 e. The molecule has 7 aromatic carbocycles. The first-order chi connectivity index (χ1) is 28.2. The highest BCUT2D eigenvalue weighted by Gasteiger charge is 2.26. The van der Waals surface area contributed by atoms with Gasteiger partial charge < -0.3 is 14.3 Å². The van der Waals surface area contributed by atoms with Crippen LogP contribution in [0.2, 0.25) is 0 Å². The second-order valence-corrected chi connectivity index (χ2v) is 16.1. The normalized spacial score (nSPS) is 16.7. The van der Waals surface area contributed by atoms with E-state index in [0.717, 1.165) is 57.3 Å². The van der Waals surface area contributed by atoms with E-state index in [9.17, 15) is 0 Å². The largest absolute Gasteiger partial charge is 0.456 e. The molecule has 0 bridgehead atoms. The van der Waals surface area contributed by atoms with E-state index in [-0.39, 0.29) is 12.3 Å². The molecular weight excluding hydrogens is 717 g/mol. The van der Waals surface area contributed by atoms with Gasteiger partial charge in [-0.1, -0.05) is 121 Å². The van der Waals surface area contributed by atoms with Crippen molar-refractivity contribution in [3.63, 3.8) is 0 Å². The first-order valence-electron chi connectivity index (χ1n) is 19.7. The second kappa shape index (κ2) is 12.9. The van der Waals surface area contributed by atoms with Crippen molar-refractivity contribution in [3.05, 3.63) is 192 Å². The number of nitrogens with one attached hydrogen (secondary N) is 2. The number of aromatic nitrogens is 1. The summed E-state index contributed by atoms with van der Waals surface area (Å²) in [4.78, 5) is 5.10. The van der Waals surface area contributed by atoms with E-state index >= 15 is 0 Å². The van der Waals surface area contributed by atoms with Crippen LogP contribution in [0.5, 0.6) is 0 Å². The molecule has 57 heavy (non-hydrogen) atoms. The highest BCUT2D eigenvalue weighted by atomic mass is 32.1. The molecule has 10 aromatic rings. The molecule has 0 fully saturated rings. The molecule has 272 valence electrons. The Morgan fingerprint density at radius 1 is 0.614 bits per heavy atom. The lowest BCUT2D eigenvalue weighted by atomic mass is 9.99. The number of hydrogen-bond donors (Lipinski definition) is 2. The van der Waals surface area contributed by atoms with Crippen LogP contribution >= 0.6 is 11.3 Å². The molecule has 2 atom stereocenters. The number of thiophene rings is 1. The van der Waals surface area contributed by atoms with Crippen LogP contribution in [0.1, 0.15) is 46.7 Å². The van der Waals surface area contributed by atoms with Gasteiger partial charge in [0, 0.05) is 48.5 Å². The molecule has 2 aliphatic rings. The Morgan fingerprint density at radius 2 is 1.35 bits per heavy atom. The van der Waals surface area contributed by atoms with Crippen LogP contribution in [0.3, 0.4) is 0 Å². The maximum atomic E-state index is 6.43. The zero-order valence-electron chi connectivity index (χ0n) is 30.9. The average Bonchev–Trinajstić information content (AvgIpc) is 3.96. The maximum absolute atomic E-state index is 6.43. The number of furan rings is 1. The standard InChI is InChI=1S/C51H36N4OS/c1-3-12-31(13-4-1)49-52-50(32-14-5-2-6-15-32)54-51(53-49)35-23-26-46-40(30-35)39-28-33(22-25-45(39)56-46)34-24-27-47-41(29-34)38-18-11-21-44(48(38)57-47)55-42-19-9-7-16-36(42)37-17-8-10-20-43(37)55/h1-9,11-19,21-30,49,51,53H,10,20H2,(H,52,54). The molecule has 2 N–H and O–H groups in total. The number of benzene rings is 7. The van der Waals surface area contributed by atoms with Gasteiger partial charge in [-0.05, 0) is 83.6 Å². The summed E-state index contributed by atoms with van der Waals surface area (Å²) >= 11 is 1.89. The molecule has 5 nitrogen and oxygen atoms in total. The van der Waals surface area contributed by atoms with Crippen LogP contribution in [-0.2, 0) is 6.42 Å². The predicted octanol–water partition coefficient (Wildman–Crippen LogP) is 12.9. The summed E-state index contributed by atoms with van der Waals surface area (Å²) in [5.74, 6) is 0.870. The molecule has 0 saturated carbocycles. The van der Waals surface area contributed by atoms with Gasteiger partial charge in [0.2, 0.25) is 0 Å². The Kier molecular flexibility index (Phi) is 7.37. The summed E-state index contributed by atoms with van der Waals surface area (Å²) in [7, 11) is 0. The summed E-state index contributed by atoms with van der Waals surface area (Å²) in [6.07, 6.45) is 6.39. The van der Waals surface area contributed by atoms with E-state index in [1.165, 1.54) is 59.1 Å². The van der Waals surface area contributed by atoms with Crippen molar-refractivity contribution in [3.8, 4) is 16.8 Å². The third kappa shape index (κ3) is 5.29. The van der Waals surface area contributed by atoms with Crippen molar-refractivity contribution in [1.82, 2.24) is 15.2 Å². The smallest absolute Gasteiger partial charge is 0.135 e. The molecule has 2 unspecified atom stereocenters. The lowest BCUT2D eigenvalue weighted by Gasteiger charge is -2.32. The number of rotatable bonds is 5. The van der Waals surface area contributed by atoms with Gasteiger partial charge >= 0.3 is 0 Å². The third-order valence-corrected chi connectivity index (χ3v) is 13.0. The minimum absolute atomic E-state index is 0.161. The Bertz CT molecular complexity index is 3260. The number of nitrogens with zero attached hydrogens (tertiary/aromatic N) is 2. The minimum Gasteiger partial charge on any atom is -0.456 e. The van der Waals surface area contributed by atoms with Crippen molar-refractivity contribution < 1.29 is 4.42 Å². The van der Waals surface area contributed by atoms with E-state index in [2.05, 4.69) is 173 Å². The van der Waals surface area contributed by atoms with Gasteiger partial charge in [-0.3, -0.25) is 5.32 Å². The van der Waals surface area contributed by atoms with Crippen LogP contribution in [0.25, 0.3) is 75.9 Å². The van der Waals surface area contributed by atoms with Crippen molar-refractivity contribution in [2.45, 2.75) is 25.2 Å². The fourth-order valence-corrected chi connectivity index (χ4v) is 10.2. The summed E-state index contributed by atoms with van der Waals surface area (Å²) < 4.78 is 11.6. The van der Waals surface area contributed by atoms with Gasteiger partial charge in [0.05, 0.1) is 15.9 Å². The quantitative estimate of drug-likeness (QED) is 0.184. The molecule has 0 amide bonds. The highest BCUT2D eigenvalue weighted by molar-refractivity contribution is 7.26. The van der Waals surface area contributed by atoms with Crippen LogP contribution in [0, 0.1) is 0 Å². The fraction of sp³-hybridized carbons (Fsp3) is 0.0784. The second-order valence-electron chi connectivity index (χ2n) is 15.1. The van der Waals surface area contributed by atoms with Gasteiger partial charge in [-0.15, -0.1) is 11.3 Å². The van der Waals surface area contributed by atoms with Crippen molar-refractivity contribution >= 4 is 76.3 Å². The number of fused-ring (bicyclic) bond motifs is 9. The predicted molar refractivity (Wildman–Crippen MR) is 237 cm³/mol. The zero-order chi connectivity index (χ0) is 37.5. The number of para-hydroxylation sites is 1. The molecule has 1 aliphatic carbocycles. The van der Waals surface area contributed by atoms with E-state index in [1.54, 1.807) is 0 Å². The molecule has 0 radical (unpaired) electrons. The van der Waals surface area contributed by atoms with Gasteiger partial charge in [-0.2, -0.15) is 0 Å². The van der Waals surface area contributed by atoms with Gasteiger partial charge in [0.1, 0.15) is 29.3 Å². The highest BCUT2D eigenvalue weighted by Crippen LogP contribution is 2.43. The third-order valence-electron chi connectivity index (χ3n) is 11.8. The number of hydrogen-bond acceptors (Lipinski definition) is 5. The Labute approximate surface area is 333 Å². The van der Waals surface area contributed by atoms with Crippen LogP contribution < -0.4 is 10.6 Å². The molecule has 12 rings (SSSR count). The number of aliphatic imine (C=N–C) groups is 1. The molecule has 4 heterocycles. The average molecular weight is 753 g/mol. The Balaban J connectivity index is 0.938. The van der Waals surface area contributed by atoms with Gasteiger partial charge in [0.25, 0.3) is 0 Å². The molecule has 0 saturated heterocycles. The monoisotopic (exact) mass is 752 g/mol.